The van der Waals surface area contributed by atoms with Crippen molar-refractivity contribution in [3.05, 3.63) is 33.7 Å². The van der Waals surface area contributed by atoms with E-state index in [1.807, 2.05) is 0 Å². The van der Waals surface area contributed by atoms with Crippen molar-refractivity contribution >= 4 is 15.9 Å². The first-order valence-electron chi connectivity index (χ1n) is 4.93. The van der Waals surface area contributed by atoms with Crippen molar-refractivity contribution in [1.82, 2.24) is 20.0 Å². The molecule has 0 unspecified atom stereocenters. The molecule has 2 heterocycles. The lowest BCUT2D eigenvalue weighted by Crippen LogP contribution is -2.11. The molecule has 2 aromatic heterocycles. The fourth-order valence-corrected chi connectivity index (χ4v) is 1.68. The Morgan fingerprint density at radius 3 is 2.22 bits per heavy atom. The number of halogens is 4. The van der Waals surface area contributed by atoms with E-state index < -0.39 is 11.9 Å². The molecule has 2 aromatic rings. The van der Waals surface area contributed by atoms with Gasteiger partial charge < -0.3 is 0 Å². The monoisotopic (exact) mass is 320 g/mol. The first-order valence-corrected chi connectivity index (χ1v) is 5.73. The molecule has 0 aliphatic rings. The maximum Gasteiger partial charge on any atom is 0.435 e. The van der Waals surface area contributed by atoms with Crippen LogP contribution in [0.25, 0.3) is 5.82 Å². The van der Waals surface area contributed by atoms with Crippen molar-refractivity contribution in [3.63, 3.8) is 0 Å². The van der Waals surface area contributed by atoms with Crippen molar-refractivity contribution in [2.75, 3.05) is 0 Å². The van der Waals surface area contributed by atoms with Crippen LogP contribution in [-0.4, -0.2) is 20.0 Å². The summed E-state index contributed by atoms with van der Waals surface area (Å²) in [5.41, 5.74) is 0.461. The van der Waals surface area contributed by atoms with E-state index in [0.29, 0.717) is 0 Å². The molecule has 2 rings (SSSR count). The Kier molecular flexibility index (Phi) is 3.14. The third-order valence-corrected chi connectivity index (χ3v) is 3.51. The summed E-state index contributed by atoms with van der Waals surface area (Å²) in [5, 5.41) is 10.9. The predicted molar refractivity (Wildman–Crippen MR) is 61.3 cm³/mol. The van der Waals surface area contributed by atoms with E-state index in [2.05, 4.69) is 31.2 Å². The predicted octanol–water partition coefficient (Wildman–Crippen LogP) is 3.06. The number of alkyl halides is 3. The van der Waals surface area contributed by atoms with Crippen LogP contribution in [0.1, 0.15) is 17.1 Å². The molecule has 0 saturated carbocycles. The van der Waals surface area contributed by atoms with Gasteiger partial charge in [-0.3, -0.25) is 0 Å². The third-order valence-electron chi connectivity index (χ3n) is 2.36. The van der Waals surface area contributed by atoms with Gasteiger partial charge in [-0.2, -0.15) is 18.3 Å². The molecule has 0 aromatic carbocycles. The summed E-state index contributed by atoms with van der Waals surface area (Å²) in [6, 6.07) is 2.12. The number of aromatic nitrogens is 4. The van der Waals surface area contributed by atoms with Crippen LogP contribution in [0, 0.1) is 13.8 Å². The number of rotatable bonds is 1. The molecule has 0 radical (unpaired) electrons. The van der Waals surface area contributed by atoms with E-state index in [9.17, 15) is 13.2 Å². The average molecular weight is 321 g/mol. The fourth-order valence-electron chi connectivity index (χ4n) is 1.44. The molecule has 0 aliphatic heterocycles. The molecule has 18 heavy (non-hydrogen) atoms. The van der Waals surface area contributed by atoms with Crippen LogP contribution in [0.15, 0.2) is 16.6 Å². The Hall–Kier alpha value is -1.44. The van der Waals surface area contributed by atoms with Crippen molar-refractivity contribution in [3.8, 4) is 5.82 Å². The largest absolute Gasteiger partial charge is 0.435 e. The van der Waals surface area contributed by atoms with E-state index in [0.717, 1.165) is 21.9 Å². The molecule has 0 fully saturated rings. The van der Waals surface area contributed by atoms with Gasteiger partial charge in [0.1, 0.15) is 0 Å². The van der Waals surface area contributed by atoms with Gasteiger partial charge in [0.05, 0.1) is 15.9 Å². The Morgan fingerprint density at radius 1 is 1.17 bits per heavy atom. The summed E-state index contributed by atoms with van der Waals surface area (Å²) in [5.74, 6) is 0.245. The molecular formula is C10H8BrF3N4. The van der Waals surface area contributed by atoms with Crippen LogP contribution in [0.3, 0.4) is 0 Å². The van der Waals surface area contributed by atoms with Crippen LogP contribution in [0.5, 0.6) is 0 Å². The Labute approximate surface area is 109 Å². The summed E-state index contributed by atoms with van der Waals surface area (Å²) >= 11 is 3.33. The molecule has 8 heteroatoms. The van der Waals surface area contributed by atoms with E-state index in [1.54, 1.807) is 13.8 Å². The van der Waals surface area contributed by atoms with Crippen LogP contribution < -0.4 is 0 Å². The fraction of sp³-hybridized carbons (Fsp3) is 0.300. The van der Waals surface area contributed by atoms with Gasteiger partial charge in [-0.15, -0.1) is 10.2 Å². The molecule has 0 spiro atoms. The lowest BCUT2D eigenvalue weighted by Gasteiger charge is -2.06. The maximum absolute atomic E-state index is 12.3. The van der Waals surface area contributed by atoms with Gasteiger partial charge in [0.25, 0.3) is 0 Å². The minimum Gasteiger partial charge on any atom is -0.216 e. The highest BCUT2D eigenvalue weighted by atomic mass is 79.9. The highest BCUT2D eigenvalue weighted by Gasteiger charge is 2.33. The molecule has 0 bridgehead atoms. The molecule has 0 N–H and O–H groups in total. The van der Waals surface area contributed by atoms with Gasteiger partial charge in [0.15, 0.2) is 11.5 Å². The summed E-state index contributed by atoms with van der Waals surface area (Å²) in [4.78, 5) is 0. The molecular weight excluding hydrogens is 313 g/mol. The molecule has 0 atom stereocenters. The second-order valence-corrected chi connectivity index (χ2v) is 4.46. The Balaban J connectivity index is 2.44. The minimum absolute atomic E-state index is 0.245. The SMILES string of the molecule is Cc1nn(-c2ccc(C(F)(F)F)nn2)c(C)c1Br. The number of nitrogens with zero attached hydrogens (tertiary/aromatic N) is 4. The van der Waals surface area contributed by atoms with E-state index in [4.69, 9.17) is 0 Å². The smallest absolute Gasteiger partial charge is 0.216 e. The van der Waals surface area contributed by atoms with Crippen molar-refractivity contribution in [2.24, 2.45) is 0 Å². The first-order chi connectivity index (χ1) is 8.30. The van der Waals surface area contributed by atoms with Gasteiger partial charge in [0.2, 0.25) is 0 Å². The Morgan fingerprint density at radius 2 is 1.83 bits per heavy atom. The van der Waals surface area contributed by atoms with Gasteiger partial charge in [-0.05, 0) is 41.9 Å². The lowest BCUT2D eigenvalue weighted by molar-refractivity contribution is -0.141. The Bertz CT molecular complexity index is 574. The highest BCUT2D eigenvalue weighted by molar-refractivity contribution is 9.10. The van der Waals surface area contributed by atoms with Crippen LogP contribution in [-0.2, 0) is 6.18 Å². The van der Waals surface area contributed by atoms with Gasteiger partial charge >= 0.3 is 6.18 Å². The minimum atomic E-state index is -4.48. The number of aryl methyl sites for hydroxylation is 1. The topological polar surface area (TPSA) is 43.6 Å². The second-order valence-electron chi connectivity index (χ2n) is 3.67. The molecule has 96 valence electrons. The zero-order chi connectivity index (χ0) is 13.5. The zero-order valence-electron chi connectivity index (χ0n) is 9.46. The van der Waals surface area contributed by atoms with Crippen LogP contribution >= 0.6 is 15.9 Å². The van der Waals surface area contributed by atoms with Crippen molar-refractivity contribution in [2.45, 2.75) is 20.0 Å². The van der Waals surface area contributed by atoms with Crippen LogP contribution in [0.4, 0.5) is 13.2 Å². The van der Waals surface area contributed by atoms with Gasteiger partial charge in [-0.25, -0.2) is 4.68 Å². The summed E-state index contributed by atoms with van der Waals surface area (Å²) in [6.45, 7) is 3.56. The second kappa shape index (κ2) is 4.34. The van der Waals surface area contributed by atoms with E-state index >= 15 is 0 Å². The standard InChI is InChI=1S/C10H8BrF3N4/c1-5-9(11)6(2)18(17-5)8-4-3-7(15-16-8)10(12,13)14/h3-4H,1-2H3. The maximum atomic E-state index is 12.3. The number of hydrogen-bond acceptors (Lipinski definition) is 3. The molecule has 0 saturated heterocycles. The van der Waals surface area contributed by atoms with Gasteiger partial charge in [-0.1, -0.05) is 0 Å². The quantitative estimate of drug-likeness (QED) is 0.811. The molecule has 0 amide bonds. The van der Waals surface area contributed by atoms with E-state index in [-0.39, 0.29) is 5.82 Å². The lowest BCUT2D eigenvalue weighted by atomic mass is 10.3. The van der Waals surface area contributed by atoms with Crippen LogP contribution in [0.2, 0.25) is 0 Å². The molecule has 4 nitrogen and oxygen atoms in total. The normalized spacial score (nSPS) is 11.9. The van der Waals surface area contributed by atoms with E-state index in [1.165, 1.54) is 10.7 Å². The average Bonchev–Trinajstić information content (AvgIpc) is 2.56. The van der Waals surface area contributed by atoms with Crippen molar-refractivity contribution in [1.29, 1.82) is 0 Å². The third kappa shape index (κ3) is 2.24. The number of hydrogen-bond donors (Lipinski definition) is 0. The van der Waals surface area contributed by atoms with Gasteiger partial charge in [0, 0.05) is 0 Å². The summed E-state index contributed by atoms with van der Waals surface area (Å²) in [7, 11) is 0. The zero-order valence-corrected chi connectivity index (χ0v) is 11.0. The summed E-state index contributed by atoms with van der Waals surface area (Å²) in [6.07, 6.45) is -4.48. The van der Waals surface area contributed by atoms with Crippen molar-refractivity contribution < 1.29 is 13.2 Å². The highest BCUT2D eigenvalue weighted by Crippen LogP contribution is 2.27. The summed E-state index contributed by atoms with van der Waals surface area (Å²) < 4.78 is 39.2. The molecule has 0 aliphatic carbocycles. The first kappa shape index (κ1) is 13.0.